The average molecular weight is 98.2 g/mol. The summed E-state index contributed by atoms with van der Waals surface area (Å²) in [7, 11) is 0. The fourth-order valence-electron chi connectivity index (χ4n) is 0.249. The summed E-state index contributed by atoms with van der Waals surface area (Å²) in [5, 5.41) is 0. The summed E-state index contributed by atoms with van der Waals surface area (Å²) in [6.45, 7) is 0. The Hall–Kier alpha value is -0.240. The fourth-order valence-corrected chi connectivity index (χ4v) is 0.641. The molecule has 0 aromatic heterocycles. The number of rotatable bonds is 0. The van der Waals surface area contributed by atoms with Crippen LogP contribution in [-0.4, -0.2) is 11.3 Å². The van der Waals surface area contributed by atoms with E-state index in [0.717, 1.165) is 5.75 Å². The first-order valence-electron chi connectivity index (χ1n) is 1.68. The Morgan fingerprint density at radius 3 is 3.00 bits per heavy atom. The molecule has 1 rings (SSSR count). The van der Waals surface area contributed by atoms with Crippen molar-refractivity contribution in [3.05, 3.63) is 12.3 Å². The van der Waals surface area contributed by atoms with Gasteiger partial charge in [-0.15, -0.1) is 11.8 Å². The van der Waals surface area contributed by atoms with Crippen LogP contribution in [0.25, 0.3) is 0 Å². The summed E-state index contributed by atoms with van der Waals surface area (Å²) in [6, 6.07) is 0. The Kier molecular flexibility index (Phi) is 1.33. The van der Waals surface area contributed by atoms with Gasteiger partial charge in [0.2, 0.25) is 0 Å². The monoisotopic (exact) mass is 98.0 g/mol. The van der Waals surface area contributed by atoms with Crippen LogP contribution in [0, 0.1) is 6.08 Å². The lowest BCUT2D eigenvalue weighted by Gasteiger charge is -1.86. The highest BCUT2D eigenvalue weighted by Crippen LogP contribution is 1.98. The zero-order valence-electron chi connectivity index (χ0n) is 3.22. The molecule has 0 aromatic rings. The third-order valence-corrected chi connectivity index (χ3v) is 1.07. The lowest BCUT2D eigenvalue weighted by atomic mass is 10.7. The lowest BCUT2D eigenvalue weighted by Crippen LogP contribution is -1.75. The summed E-state index contributed by atoms with van der Waals surface area (Å²) in [5.74, 6) is 0.962. The molecule has 0 amide bonds. The molecule has 0 N–H and O–H groups in total. The van der Waals surface area contributed by atoms with Crippen molar-refractivity contribution in [1.29, 1.82) is 0 Å². The third-order valence-electron chi connectivity index (χ3n) is 0.468. The van der Waals surface area contributed by atoms with Crippen molar-refractivity contribution in [2.24, 2.45) is 4.99 Å². The Bertz CT molecular complexity index is 73.5. The second-order valence-corrected chi connectivity index (χ2v) is 1.73. The Labute approximate surface area is 41.2 Å². The van der Waals surface area contributed by atoms with Crippen molar-refractivity contribution >= 4 is 17.3 Å². The van der Waals surface area contributed by atoms with E-state index in [4.69, 9.17) is 0 Å². The predicted octanol–water partition coefficient (Wildman–Crippen LogP) is 1.08. The van der Waals surface area contributed by atoms with Gasteiger partial charge in [0, 0.05) is 12.0 Å². The first-order chi connectivity index (χ1) is 3.00. The molecular formula is C4H4NS. The zero-order chi connectivity index (χ0) is 4.24. The quantitative estimate of drug-likeness (QED) is 0.441. The Balaban J connectivity index is 2.46. The van der Waals surface area contributed by atoms with Gasteiger partial charge in [-0.3, -0.25) is 4.99 Å². The molecule has 1 heterocycles. The van der Waals surface area contributed by atoms with Crippen LogP contribution in [0.5, 0.6) is 0 Å². The van der Waals surface area contributed by atoms with E-state index < -0.39 is 0 Å². The van der Waals surface area contributed by atoms with Crippen LogP contribution in [0.4, 0.5) is 0 Å². The SMILES string of the molecule is [C]1=CN=CSC1. The van der Waals surface area contributed by atoms with Gasteiger partial charge < -0.3 is 0 Å². The predicted molar refractivity (Wildman–Crippen MR) is 28.8 cm³/mol. The van der Waals surface area contributed by atoms with Gasteiger partial charge in [-0.25, -0.2) is 0 Å². The van der Waals surface area contributed by atoms with Crippen LogP contribution >= 0.6 is 11.8 Å². The van der Waals surface area contributed by atoms with Crippen LogP contribution in [0.1, 0.15) is 0 Å². The minimum atomic E-state index is 0.962. The van der Waals surface area contributed by atoms with Gasteiger partial charge in [0.05, 0.1) is 5.55 Å². The second kappa shape index (κ2) is 2.03. The van der Waals surface area contributed by atoms with Crippen molar-refractivity contribution in [3.8, 4) is 0 Å². The van der Waals surface area contributed by atoms with Crippen LogP contribution < -0.4 is 0 Å². The highest BCUT2D eigenvalue weighted by Gasteiger charge is 1.79. The summed E-state index contributed by atoms with van der Waals surface area (Å²) in [5.41, 5.74) is 1.82. The summed E-state index contributed by atoms with van der Waals surface area (Å²) < 4.78 is 0. The number of hydrogen-bond donors (Lipinski definition) is 0. The molecule has 0 fully saturated rings. The summed E-state index contributed by atoms with van der Waals surface area (Å²) in [4.78, 5) is 3.78. The van der Waals surface area contributed by atoms with Gasteiger partial charge in [0.1, 0.15) is 0 Å². The molecule has 0 aliphatic carbocycles. The van der Waals surface area contributed by atoms with Crippen molar-refractivity contribution < 1.29 is 0 Å². The van der Waals surface area contributed by atoms with E-state index in [1.165, 1.54) is 0 Å². The molecule has 0 bridgehead atoms. The molecule has 0 spiro atoms. The van der Waals surface area contributed by atoms with E-state index in [-0.39, 0.29) is 0 Å². The number of nitrogens with zero attached hydrogens (tertiary/aromatic N) is 1. The number of aliphatic imine (C=N–C) groups is 1. The third kappa shape index (κ3) is 0.863. The normalized spacial score (nSPS) is 18.7. The van der Waals surface area contributed by atoms with E-state index >= 15 is 0 Å². The van der Waals surface area contributed by atoms with Gasteiger partial charge >= 0.3 is 0 Å². The minimum absolute atomic E-state index is 0.962. The topological polar surface area (TPSA) is 12.4 Å². The molecule has 0 saturated carbocycles. The highest BCUT2D eigenvalue weighted by atomic mass is 32.2. The molecule has 31 valence electrons. The first-order valence-corrected chi connectivity index (χ1v) is 2.73. The largest absolute Gasteiger partial charge is 0.258 e. The average Bonchev–Trinajstić information content (AvgIpc) is 1.72. The van der Waals surface area contributed by atoms with Crippen LogP contribution in [0.15, 0.2) is 11.2 Å². The molecule has 1 radical (unpaired) electrons. The maximum absolute atomic E-state index is 3.78. The smallest absolute Gasteiger partial charge is 0.0600 e. The maximum atomic E-state index is 3.78. The molecular weight excluding hydrogens is 94.1 g/mol. The Morgan fingerprint density at radius 1 is 1.83 bits per heavy atom. The van der Waals surface area contributed by atoms with Crippen molar-refractivity contribution in [1.82, 2.24) is 0 Å². The molecule has 1 aliphatic heterocycles. The second-order valence-electron chi connectivity index (χ2n) is 0.899. The van der Waals surface area contributed by atoms with Gasteiger partial charge in [0.15, 0.2) is 0 Å². The van der Waals surface area contributed by atoms with E-state index in [0.29, 0.717) is 0 Å². The molecule has 0 unspecified atom stereocenters. The van der Waals surface area contributed by atoms with E-state index in [1.807, 2.05) is 5.55 Å². The number of hydrogen-bond acceptors (Lipinski definition) is 2. The molecule has 0 aromatic carbocycles. The van der Waals surface area contributed by atoms with Crippen LogP contribution in [-0.2, 0) is 0 Å². The van der Waals surface area contributed by atoms with Crippen molar-refractivity contribution in [2.45, 2.75) is 0 Å². The minimum Gasteiger partial charge on any atom is -0.258 e. The van der Waals surface area contributed by atoms with E-state index in [1.54, 1.807) is 18.0 Å². The van der Waals surface area contributed by atoms with Gasteiger partial charge in [-0.2, -0.15) is 0 Å². The fraction of sp³-hybridized carbons (Fsp3) is 0.250. The summed E-state index contributed by atoms with van der Waals surface area (Å²) in [6.07, 6.45) is 4.62. The highest BCUT2D eigenvalue weighted by molar-refractivity contribution is 8.12. The van der Waals surface area contributed by atoms with Crippen molar-refractivity contribution in [3.63, 3.8) is 0 Å². The molecule has 6 heavy (non-hydrogen) atoms. The summed E-state index contributed by atoms with van der Waals surface area (Å²) >= 11 is 1.66. The molecule has 1 aliphatic rings. The van der Waals surface area contributed by atoms with Gasteiger partial charge in [0.25, 0.3) is 0 Å². The zero-order valence-corrected chi connectivity index (χ0v) is 4.03. The molecule has 0 saturated heterocycles. The van der Waals surface area contributed by atoms with Crippen molar-refractivity contribution in [2.75, 3.05) is 5.75 Å². The number of thioether (sulfide) groups is 1. The maximum Gasteiger partial charge on any atom is 0.0600 e. The molecule has 0 atom stereocenters. The lowest BCUT2D eigenvalue weighted by molar-refractivity contribution is 1.51. The van der Waals surface area contributed by atoms with Gasteiger partial charge in [-0.1, -0.05) is 0 Å². The van der Waals surface area contributed by atoms with E-state index in [2.05, 4.69) is 11.1 Å². The van der Waals surface area contributed by atoms with Crippen LogP contribution in [0.3, 0.4) is 0 Å². The Morgan fingerprint density at radius 2 is 2.83 bits per heavy atom. The molecule has 1 nitrogen and oxygen atoms in total. The first kappa shape index (κ1) is 3.93. The van der Waals surface area contributed by atoms with E-state index in [9.17, 15) is 0 Å². The molecule has 2 heteroatoms. The standard InChI is InChI=1S/C4H4NS/c1-2-5-4-6-3-1/h2,4H,3H2. The van der Waals surface area contributed by atoms with Gasteiger partial charge in [-0.05, 0) is 6.08 Å². The van der Waals surface area contributed by atoms with Crippen LogP contribution in [0.2, 0.25) is 0 Å².